The van der Waals surface area contributed by atoms with Crippen LogP contribution < -0.4 is 10.5 Å². The number of hydrogen-bond acceptors (Lipinski definition) is 4. The molecule has 0 aliphatic carbocycles. The van der Waals surface area contributed by atoms with Gasteiger partial charge in [-0.1, -0.05) is 0 Å². The first kappa shape index (κ1) is 15.5. The van der Waals surface area contributed by atoms with Crippen molar-refractivity contribution in [1.82, 2.24) is 4.72 Å². The Balaban J connectivity index is 2.02. The number of nitrogens with two attached hydrogens (primary N) is 1. The fourth-order valence-corrected chi connectivity index (χ4v) is 3.29. The fraction of sp³-hybridized carbons (Fsp3) is 0.286. The Kier molecular flexibility index (Phi) is 4.64. The third-order valence-corrected chi connectivity index (χ3v) is 4.53. The summed E-state index contributed by atoms with van der Waals surface area (Å²) in [5.41, 5.74) is 5.53. The van der Waals surface area contributed by atoms with E-state index >= 15 is 0 Å². The Labute approximate surface area is 123 Å². The molecule has 0 saturated carbocycles. The molecule has 21 heavy (non-hydrogen) atoms. The summed E-state index contributed by atoms with van der Waals surface area (Å²) < 4.78 is 45.2. The molecule has 2 aromatic rings. The molecular formula is C14H17FN2O3S. The Morgan fingerprint density at radius 2 is 2.14 bits per heavy atom. The van der Waals surface area contributed by atoms with Crippen LogP contribution in [0.5, 0.6) is 0 Å². The van der Waals surface area contributed by atoms with Gasteiger partial charge in [-0.05, 0) is 43.7 Å². The molecule has 3 N–H and O–H groups in total. The van der Waals surface area contributed by atoms with Gasteiger partial charge in [0.1, 0.15) is 11.6 Å². The highest BCUT2D eigenvalue weighted by Gasteiger charge is 2.18. The van der Waals surface area contributed by atoms with Crippen molar-refractivity contribution in [3.63, 3.8) is 0 Å². The Bertz CT molecular complexity index is 679. The fourth-order valence-electron chi connectivity index (χ4n) is 1.94. The van der Waals surface area contributed by atoms with Gasteiger partial charge in [0, 0.05) is 18.2 Å². The molecule has 114 valence electrons. The number of nitrogens with one attached hydrogen (secondary N) is 1. The zero-order chi connectivity index (χ0) is 15.5. The molecule has 0 spiro atoms. The van der Waals surface area contributed by atoms with E-state index in [0.717, 1.165) is 17.9 Å². The lowest BCUT2D eigenvalue weighted by Gasteiger charge is -2.14. The average molecular weight is 312 g/mol. The van der Waals surface area contributed by atoms with Crippen molar-refractivity contribution in [1.29, 1.82) is 0 Å². The third kappa shape index (κ3) is 4.30. The molecule has 0 amide bonds. The van der Waals surface area contributed by atoms with E-state index in [-0.39, 0.29) is 16.6 Å². The van der Waals surface area contributed by atoms with Crippen molar-refractivity contribution < 1.29 is 17.2 Å². The molecule has 0 aliphatic rings. The number of sulfonamides is 1. The van der Waals surface area contributed by atoms with Crippen molar-refractivity contribution >= 4 is 15.7 Å². The van der Waals surface area contributed by atoms with Crippen LogP contribution in [0.15, 0.2) is 45.9 Å². The summed E-state index contributed by atoms with van der Waals surface area (Å²) in [6, 6.07) is 6.53. The van der Waals surface area contributed by atoms with Crippen LogP contribution >= 0.6 is 0 Å². The monoisotopic (exact) mass is 312 g/mol. The van der Waals surface area contributed by atoms with Crippen LogP contribution in [0.2, 0.25) is 0 Å². The molecule has 7 heteroatoms. The van der Waals surface area contributed by atoms with Crippen LogP contribution in [0.3, 0.4) is 0 Å². The maximum Gasteiger partial charge on any atom is 0.240 e. The second kappa shape index (κ2) is 6.28. The molecule has 0 fully saturated rings. The molecule has 2 rings (SSSR count). The number of anilines is 1. The molecular weight excluding hydrogens is 295 g/mol. The number of hydrogen-bond donors (Lipinski definition) is 2. The number of benzene rings is 1. The van der Waals surface area contributed by atoms with Gasteiger partial charge in [0.05, 0.1) is 11.2 Å². The van der Waals surface area contributed by atoms with Crippen LogP contribution in [-0.4, -0.2) is 14.5 Å². The van der Waals surface area contributed by atoms with Gasteiger partial charge in [0.25, 0.3) is 0 Å². The third-order valence-electron chi connectivity index (χ3n) is 2.96. The van der Waals surface area contributed by atoms with Gasteiger partial charge in [0.15, 0.2) is 0 Å². The summed E-state index contributed by atoms with van der Waals surface area (Å²) in [7, 11) is -3.80. The van der Waals surface area contributed by atoms with Gasteiger partial charge in [0.2, 0.25) is 10.0 Å². The Morgan fingerprint density at radius 3 is 2.76 bits per heavy atom. The maximum atomic E-state index is 13.2. The van der Waals surface area contributed by atoms with Crippen molar-refractivity contribution in [3.8, 4) is 0 Å². The second-order valence-electron chi connectivity index (χ2n) is 4.86. The quantitative estimate of drug-likeness (QED) is 0.801. The SMILES string of the molecule is CC(CCc1ccco1)NS(=O)(=O)c1cc(N)cc(F)c1. The number of aryl methyl sites for hydroxylation is 1. The topological polar surface area (TPSA) is 85.3 Å². The smallest absolute Gasteiger partial charge is 0.240 e. The van der Waals surface area contributed by atoms with Gasteiger partial charge in [-0.2, -0.15) is 0 Å². The van der Waals surface area contributed by atoms with E-state index in [2.05, 4.69) is 4.72 Å². The minimum absolute atomic E-state index is 0.0682. The van der Waals surface area contributed by atoms with E-state index in [0.29, 0.717) is 12.8 Å². The van der Waals surface area contributed by atoms with Crippen molar-refractivity contribution in [3.05, 3.63) is 48.2 Å². The molecule has 0 aliphatic heterocycles. The predicted molar refractivity (Wildman–Crippen MR) is 77.6 cm³/mol. The molecule has 1 aromatic carbocycles. The van der Waals surface area contributed by atoms with Gasteiger partial charge in [-0.25, -0.2) is 17.5 Å². The predicted octanol–water partition coefficient (Wildman–Crippen LogP) is 2.30. The summed E-state index contributed by atoms with van der Waals surface area (Å²) in [4.78, 5) is -0.176. The highest BCUT2D eigenvalue weighted by Crippen LogP contribution is 2.16. The number of rotatable bonds is 6. The Morgan fingerprint density at radius 1 is 1.38 bits per heavy atom. The van der Waals surface area contributed by atoms with E-state index in [1.807, 2.05) is 6.07 Å². The lowest BCUT2D eigenvalue weighted by Crippen LogP contribution is -2.33. The molecule has 0 saturated heterocycles. The van der Waals surface area contributed by atoms with Gasteiger partial charge < -0.3 is 10.2 Å². The molecule has 1 heterocycles. The number of nitrogen functional groups attached to an aromatic ring is 1. The average Bonchev–Trinajstić information content (AvgIpc) is 2.87. The van der Waals surface area contributed by atoms with Gasteiger partial charge >= 0.3 is 0 Å². The molecule has 5 nitrogen and oxygen atoms in total. The van der Waals surface area contributed by atoms with E-state index in [1.165, 1.54) is 6.07 Å². The largest absolute Gasteiger partial charge is 0.469 e. The summed E-state index contributed by atoms with van der Waals surface area (Å²) in [6.07, 6.45) is 2.75. The maximum absolute atomic E-state index is 13.2. The zero-order valence-corrected chi connectivity index (χ0v) is 12.4. The summed E-state index contributed by atoms with van der Waals surface area (Å²) in [6.45, 7) is 1.74. The first-order valence-corrected chi connectivity index (χ1v) is 7.96. The normalized spacial score (nSPS) is 13.2. The molecule has 1 aromatic heterocycles. The highest BCUT2D eigenvalue weighted by molar-refractivity contribution is 7.89. The minimum Gasteiger partial charge on any atom is -0.469 e. The Hall–Kier alpha value is -1.86. The van der Waals surface area contributed by atoms with Gasteiger partial charge in [-0.3, -0.25) is 0 Å². The lowest BCUT2D eigenvalue weighted by molar-refractivity contribution is 0.480. The van der Waals surface area contributed by atoms with Gasteiger partial charge in [-0.15, -0.1) is 0 Å². The summed E-state index contributed by atoms with van der Waals surface area (Å²) in [5.74, 6) is 0.106. The number of halogens is 1. The zero-order valence-electron chi connectivity index (χ0n) is 11.5. The number of furan rings is 1. The summed E-state index contributed by atoms with van der Waals surface area (Å²) >= 11 is 0. The molecule has 1 unspecified atom stereocenters. The van der Waals surface area contributed by atoms with Crippen LogP contribution in [-0.2, 0) is 16.4 Å². The minimum atomic E-state index is -3.80. The molecule has 0 bridgehead atoms. The van der Waals surface area contributed by atoms with Crippen molar-refractivity contribution in [2.24, 2.45) is 0 Å². The van der Waals surface area contributed by atoms with E-state index in [1.54, 1.807) is 19.3 Å². The van der Waals surface area contributed by atoms with Crippen LogP contribution in [0.25, 0.3) is 0 Å². The van der Waals surface area contributed by atoms with E-state index in [4.69, 9.17) is 10.2 Å². The highest BCUT2D eigenvalue weighted by atomic mass is 32.2. The van der Waals surface area contributed by atoms with E-state index < -0.39 is 15.8 Å². The lowest BCUT2D eigenvalue weighted by atomic mass is 10.2. The van der Waals surface area contributed by atoms with Crippen LogP contribution in [0.4, 0.5) is 10.1 Å². The first-order chi connectivity index (χ1) is 9.87. The standard InChI is InChI=1S/C14H17FN2O3S/c1-10(4-5-13-3-2-6-20-13)17-21(18,19)14-8-11(15)7-12(16)9-14/h2-3,6-10,17H,4-5,16H2,1H3. The second-order valence-corrected chi connectivity index (χ2v) is 6.57. The molecule has 1 atom stereocenters. The van der Waals surface area contributed by atoms with Crippen LogP contribution in [0, 0.1) is 5.82 Å². The molecule has 0 radical (unpaired) electrons. The van der Waals surface area contributed by atoms with Crippen molar-refractivity contribution in [2.45, 2.75) is 30.7 Å². The summed E-state index contributed by atoms with van der Waals surface area (Å²) in [5, 5.41) is 0. The van der Waals surface area contributed by atoms with E-state index in [9.17, 15) is 12.8 Å². The first-order valence-electron chi connectivity index (χ1n) is 6.47. The van der Waals surface area contributed by atoms with Crippen LogP contribution in [0.1, 0.15) is 19.1 Å². The van der Waals surface area contributed by atoms with Crippen molar-refractivity contribution in [2.75, 3.05) is 5.73 Å².